The zero-order chi connectivity index (χ0) is 13.0. The molecule has 96 valence electrons. The van der Waals surface area contributed by atoms with Gasteiger partial charge in [-0.25, -0.2) is 0 Å². The maximum Gasteiger partial charge on any atom is 0.253 e. The van der Waals surface area contributed by atoms with Crippen LogP contribution in [0.4, 0.5) is 0 Å². The molecule has 6 heteroatoms. The maximum absolute atomic E-state index is 5.74. The van der Waals surface area contributed by atoms with Crippen LogP contribution in [0, 0.1) is 6.92 Å². The smallest absolute Gasteiger partial charge is 0.253 e. The second-order valence-corrected chi connectivity index (χ2v) is 4.62. The van der Waals surface area contributed by atoms with Gasteiger partial charge < -0.3 is 14.5 Å². The Hall–Kier alpha value is -1.40. The highest BCUT2D eigenvalue weighted by Crippen LogP contribution is 2.29. The first-order valence-corrected chi connectivity index (χ1v) is 6.33. The molecule has 0 fully saturated rings. The lowest BCUT2D eigenvalue weighted by molar-refractivity contribution is 0.256. The predicted octanol–water partition coefficient (Wildman–Crippen LogP) is 2.44. The molecule has 0 spiro atoms. The summed E-state index contributed by atoms with van der Waals surface area (Å²) in [5.41, 5.74) is 1.07. The summed E-state index contributed by atoms with van der Waals surface area (Å²) in [5, 5.41) is 10.8. The molecular formula is C12H14BrN3O2. The second-order valence-electron chi connectivity index (χ2n) is 3.76. The highest BCUT2D eigenvalue weighted by atomic mass is 79.9. The summed E-state index contributed by atoms with van der Waals surface area (Å²) >= 11 is 3.48. The predicted molar refractivity (Wildman–Crippen MR) is 70.3 cm³/mol. The molecule has 2 aromatic rings. The van der Waals surface area contributed by atoms with Crippen molar-refractivity contribution in [3.63, 3.8) is 0 Å². The molecule has 0 bridgehead atoms. The zero-order valence-electron chi connectivity index (χ0n) is 10.2. The Bertz CT molecular complexity index is 528. The number of nitrogens with zero attached hydrogens (tertiary/aromatic N) is 2. The number of aromatic nitrogens is 2. The fourth-order valence-electron chi connectivity index (χ4n) is 1.57. The standard InChI is InChI=1S/C12H14BrN3O2/c1-8-15-16-11(18-8)7-17-12-9(6-14-2)4-3-5-10(12)13/h3-5,14H,6-7H2,1-2H3. The molecule has 0 radical (unpaired) electrons. The Kier molecular flexibility index (Phi) is 4.33. The lowest BCUT2D eigenvalue weighted by atomic mass is 10.2. The lowest BCUT2D eigenvalue weighted by Gasteiger charge is -2.11. The monoisotopic (exact) mass is 311 g/mol. The van der Waals surface area contributed by atoms with E-state index in [1.807, 2.05) is 25.2 Å². The molecule has 0 aliphatic rings. The zero-order valence-corrected chi connectivity index (χ0v) is 11.8. The van der Waals surface area contributed by atoms with Gasteiger partial charge in [0.1, 0.15) is 5.75 Å². The van der Waals surface area contributed by atoms with E-state index < -0.39 is 0 Å². The van der Waals surface area contributed by atoms with Gasteiger partial charge >= 0.3 is 0 Å². The van der Waals surface area contributed by atoms with Crippen molar-refractivity contribution >= 4 is 15.9 Å². The quantitative estimate of drug-likeness (QED) is 0.919. The molecule has 1 aromatic carbocycles. The SMILES string of the molecule is CNCc1cccc(Br)c1OCc1nnc(C)o1. The molecule has 0 aliphatic heterocycles. The van der Waals surface area contributed by atoms with Gasteiger partial charge in [-0.2, -0.15) is 0 Å². The molecule has 0 amide bonds. The number of para-hydroxylation sites is 1. The van der Waals surface area contributed by atoms with Crippen LogP contribution >= 0.6 is 15.9 Å². The number of benzene rings is 1. The average Bonchev–Trinajstić information content (AvgIpc) is 2.75. The van der Waals surface area contributed by atoms with E-state index in [1.165, 1.54) is 0 Å². The lowest BCUT2D eigenvalue weighted by Crippen LogP contribution is -2.08. The molecule has 1 heterocycles. The molecule has 1 N–H and O–H groups in total. The topological polar surface area (TPSA) is 60.2 Å². The minimum absolute atomic E-state index is 0.264. The second kappa shape index (κ2) is 5.97. The Labute approximate surface area is 114 Å². The van der Waals surface area contributed by atoms with Crippen LogP contribution in [-0.4, -0.2) is 17.2 Å². The van der Waals surface area contributed by atoms with Gasteiger partial charge in [-0.3, -0.25) is 0 Å². The van der Waals surface area contributed by atoms with Gasteiger partial charge in [-0.15, -0.1) is 10.2 Å². The minimum atomic E-state index is 0.264. The van der Waals surface area contributed by atoms with Crippen molar-refractivity contribution in [1.29, 1.82) is 0 Å². The average molecular weight is 312 g/mol. The highest BCUT2D eigenvalue weighted by Gasteiger charge is 2.10. The normalized spacial score (nSPS) is 10.6. The van der Waals surface area contributed by atoms with Crippen molar-refractivity contribution in [2.24, 2.45) is 0 Å². The number of ether oxygens (including phenoxy) is 1. The Balaban J connectivity index is 2.12. The first-order valence-electron chi connectivity index (χ1n) is 5.54. The molecule has 5 nitrogen and oxygen atoms in total. The van der Waals surface area contributed by atoms with Crippen LogP contribution < -0.4 is 10.1 Å². The summed E-state index contributed by atoms with van der Waals surface area (Å²) in [5.74, 6) is 1.80. The highest BCUT2D eigenvalue weighted by molar-refractivity contribution is 9.10. The molecule has 2 rings (SSSR count). The van der Waals surface area contributed by atoms with Crippen molar-refractivity contribution in [2.75, 3.05) is 7.05 Å². The molecule has 0 unspecified atom stereocenters. The molecule has 18 heavy (non-hydrogen) atoms. The van der Waals surface area contributed by atoms with Crippen LogP contribution in [0.1, 0.15) is 17.3 Å². The van der Waals surface area contributed by atoms with Crippen LogP contribution in [0.25, 0.3) is 0 Å². The summed E-state index contributed by atoms with van der Waals surface area (Å²) in [6.07, 6.45) is 0. The van der Waals surface area contributed by atoms with Crippen molar-refractivity contribution in [2.45, 2.75) is 20.1 Å². The summed E-state index contributed by atoms with van der Waals surface area (Å²) in [6.45, 7) is 2.75. The summed E-state index contributed by atoms with van der Waals surface area (Å²) < 4.78 is 11.9. The van der Waals surface area contributed by atoms with E-state index in [0.29, 0.717) is 11.8 Å². The number of nitrogens with one attached hydrogen (secondary N) is 1. The van der Waals surface area contributed by atoms with Gasteiger partial charge in [0, 0.05) is 19.0 Å². The van der Waals surface area contributed by atoms with Gasteiger partial charge in [0.25, 0.3) is 5.89 Å². The molecule has 0 saturated heterocycles. The number of halogens is 1. The van der Waals surface area contributed by atoms with E-state index in [4.69, 9.17) is 9.15 Å². The van der Waals surface area contributed by atoms with Crippen LogP contribution in [-0.2, 0) is 13.2 Å². The number of hydrogen-bond acceptors (Lipinski definition) is 5. The Morgan fingerprint density at radius 3 is 2.89 bits per heavy atom. The fraction of sp³-hybridized carbons (Fsp3) is 0.333. The third-order valence-electron chi connectivity index (χ3n) is 2.32. The third-order valence-corrected chi connectivity index (χ3v) is 2.95. The van der Waals surface area contributed by atoms with Crippen molar-refractivity contribution in [3.05, 3.63) is 40.0 Å². The molecule has 1 aromatic heterocycles. The van der Waals surface area contributed by atoms with Crippen molar-refractivity contribution in [3.8, 4) is 5.75 Å². The van der Waals surface area contributed by atoms with E-state index >= 15 is 0 Å². The number of hydrogen-bond donors (Lipinski definition) is 1. The van der Waals surface area contributed by atoms with E-state index in [0.717, 1.165) is 22.3 Å². The van der Waals surface area contributed by atoms with Crippen LogP contribution in [0.2, 0.25) is 0 Å². The van der Waals surface area contributed by atoms with E-state index in [1.54, 1.807) is 6.92 Å². The van der Waals surface area contributed by atoms with Crippen LogP contribution in [0.3, 0.4) is 0 Å². The summed E-state index contributed by atoms with van der Waals surface area (Å²) in [7, 11) is 1.89. The van der Waals surface area contributed by atoms with Crippen molar-refractivity contribution < 1.29 is 9.15 Å². The van der Waals surface area contributed by atoms with E-state index in [2.05, 4.69) is 31.4 Å². The molecule has 0 saturated carbocycles. The van der Waals surface area contributed by atoms with Crippen molar-refractivity contribution in [1.82, 2.24) is 15.5 Å². The van der Waals surface area contributed by atoms with E-state index in [-0.39, 0.29) is 6.61 Å². The largest absolute Gasteiger partial charge is 0.482 e. The van der Waals surface area contributed by atoms with Crippen LogP contribution in [0.15, 0.2) is 27.1 Å². The molecule has 0 atom stereocenters. The first-order chi connectivity index (χ1) is 8.70. The molecular weight excluding hydrogens is 298 g/mol. The fourth-order valence-corrected chi connectivity index (χ4v) is 2.10. The number of aryl methyl sites for hydroxylation is 1. The van der Waals surface area contributed by atoms with E-state index in [9.17, 15) is 0 Å². The Morgan fingerprint density at radius 2 is 2.22 bits per heavy atom. The Morgan fingerprint density at radius 1 is 1.39 bits per heavy atom. The third kappa shape index (κ3) is 3.08. The summed E-state index contributed by atoms with van der Waals surface area (Å²) in [4.78, 5) is 0. The van der Waals surface area contributed by atoms with Crippen LogP contribution in [0.5, 0.6) is 5.75 Å². The maximum atomic E-state index is 5.74. The van der Waals surface area contributed by atoms with Gasteiger partial charge in [-0.05, 0) is 29.0 Å². The number of rotatable bonds is 5. The minimum Gasteiger partial charge on any atom is -0.482 e. The van der Waals surface area contributed by atoms with Gasteiger partial charge in [-0.1, -0.05) is 12.1 Å². The first kappa shape index (κ1) is 13.0. The molecule has 0 aliphatic carbocycles. The summed E-state index contributed by atoms with van der Waals surface area (Å²) in [6, 6.07) is 5.92. The van der Waals surface area contributed by atoms with Gasteiger partial charge in [0.2, 0.25) is 5.89 Å². The van der Waals surface area contributed by atoms with Gasteiger partial charge in [0.15, 0.2) is 6.61 Å². The van der Waals surface area contributed by atoms with Gasteiger partial charge in [0.05, 0.1) is 4.47 Å².